The summed E-state index contributed by atoms with van der Waals surface area (Å²) in [7, 11) is 0. The molecule has 0 aliphatic heterocycles. The Balaban J connectivity index is 2.10. The van der Waals surface area contributed by atoms with Gasteiger partial charge in [-0.05, 0) is 31.2 Å². The fourth-order valence-corrected chi connectivity index (χ4v) is 1.93. The van der Waals surface area contributed by atoms with Crippen LogP contribution >= 0.6 is 0 Å². The summed E-state index contributed by atoms with van der Waals surface area (Å²) in [6.45, 7) is 1.37. The van der Waals surface area contributed by atoms with Crippen molar-refractivity contribution < 1.29 is 22.4 Å². The number of carbonyl (C=O) groups is 1. The lowest BCUT2D eigenvalue weighted by atomic mass is 10.1. The van der Waals surface area contributed by atoms with Gasteiger partial charge in [0.25, 0.3) is 11.6 Å². The Kier molecular flexibility index (Phi) is 3.31. The molecule has 23 heavy (non-hydrogen) atoms. The molecule has 3 aromatic rings. The molecule has 0 atom stereocenters. The minimum absolute atomic E-state index is 0.0484. The van der Waals surface area contributed by atoms with Crippen molar-refractivity contribution in [2.75, 3.05) is 0 Å². The summed E-state index contributed by atoms with van der Waals surface area (Å²) in [5, 5.41) is 10.4. The van der Waals surface area contributed by atoms with Crippen molar-refractivity contribution >= 4 is 11.6 Å². The summed E-state index contributed by atoms with van der Waals surface area (Å²) >= 11 is 0. The number of halogens is 4. The number of hydrogen-bond acceptors (Lipinski definition) is 5. The topological polar surface area (TPSA) is 73.0 Å². The van der Waals surface area contributed by atoms with E-state index >= 15 is 0 Å². The predicted octanol–water partition coefficient (Wildman–Crippen LogP) is 2.22. The number of nitrogens with zero attached hydrogens (tertiary/aromatic N) is 5. The first-order valence-electron chi connectivity index (χ1n) is 6.25. The Bertz CT molecular complexity index is 901. The number of ketones is 1. The van der Waals surface area contributed by atoms with Gasteiger partial charge in [-0.15, -0.1) is 15.3 Å². The maximum atomic E-state index is 12.9. The number of hydrogen-bond donors (Lipinski definition) is 0. The van der Waals surface area contributed by atoms with Crippen LogP contribution < -0.4 is 0 Å². The van der Waals surface area contributed by atoms with Crippen molar-refractivity contribution in [3.05, 3.63) is 52.9 Å². The van der Waals surface area contributed by atoms with Gasteiger partial charge < -0.3 is 0 Å². The smallest absolute Gasteiger partial charge is 0.287 e. The molecule has 2 heterocycles. The van der Waals surface area contributed by atoms with Crippen LogP contribution in [-0.2, 0) is 6.18 Å². The number of fused-ring (bicyclic) bond motifs is 1. The van der Waals surface area contributed by atoms with Crippen molar-refractivity contribution in [1.82, 2.24) is 24.8 Å². The van der Waals surface area contributed by atoms with Gasteiger partial charge in [0, 0.05) is 5.56 Å². The van der Waals surface area contributed by atoms with Crippen molar-refractivity contribution in [1.29, 1.82) is 0 Å². The Morgan fingerprint density at radius 1 is 1.13 bits per heavy atom. The summed E-state index contributed by atoms with van der Waals surface area (Å²) in [6.07, 6.45) is -4.73. The number of alkyl halides is 3. The Hall–Kier alpha value is -2.91. The van der Waals surface area contributed by atoms with E-state index in [0.29, 0.717) is 0 Å². The zero-order chi connectivity index (χ0) is 16.8. The zero-order valence-electron chi connectivity index (χ0n) is 11.5. The van der Waals surface area contributed by atoms with Gasteiger partial charge in [-0.3, -0.25) is 4.79 Å². The molecule has 10 heteroatoms. The molecule has 1 aromatic carbocycles. The summed E-state index contributed by atoms with van der Waals surface area (Å²) in [5.41, 5.74) is -0.0191. The zero-order valence-corrected chi connectivity index (χ0v) is 11.5. The molecular weight excluding hydrogens is 318 g/mol. The highest BCUT2D eigenvalue weighted by Gasteiger charge is 2.37. The van der Waals surface area contributed by atoms with Gasteiger partial charge in [-0.1, -0.05) is 0 Å². The third-order valence-corrected chi connectivity index (χ3v) is 3.06. The molecular formula is C13H7F4N5O. The Morgan fingerprint density at radius 2 is 1.78 bits per heavy atom. The lowest BCUT2D eigenvalue weighted by Gasteiger charge is -2.04. The van der Waals surface area contributed by atoms with Crippen LogP contribution in [-0.4, -0.2) is 30.6 Å². The molecule has 0 saturated carbocycles. The van der Waals surface area contributed by atoms with Crippen molar-refractivity contribution in [2.24, 2.45) is 0 Å². The van der Waals surface area contributed by atoms with E-state index in [9.17, 15) is 22.4 Å². The van der Waals surface area contributed by atoms with Crippen LogP contribution in [0.5, 0.6) is 0 Å². The molecule has 0 saturated heterocycles. The second-order valence-electron chi connectivity index (χ2n) is 4.62. The molecule has 6 nitrogen and oxygen atoms in total. The minimum atomic E-state index is -4.73. The second-order valence-corrected chi connectivity index (χ2v) is 4.62. The van der Waals surface area contributed by atoms with E-state index in [1.54, 1.807) is 0 Å². The van der Waals surface area contributed by atoms with Gasteiger partial charge in [0.1, 0.15) is 5.82 Å². The number of aryl methyl sites for hydroxylation is 1. The molecule has 0 radical (unpaired) electrons. The molecule has 0 unspecified atom stereocenters. The van der Waals surface area contributed by atoms with E-state index in [0.717, 1.165) is 16.6 Å². The van der Waals surface area contributed by atoms with Gasteiger partial charge in [0.15, 0.2) is 5.69 Å². The molecule has 0 amide bonds. The Morgan fingerprint density at radius 3 is 2.39 bits per heavy atom. The minimum Gasteiger partial charge on any atom is -0.287 e. The van der Waals surface area contributed by atoms with E-state index in [2.05, 4.69) is 20.3 Å². The third kappa shape index (κ3) is 2.62. The molecule has 0 aliphatic carbocycles. The van der Waals surface area contributed by atoms with Crippen molar-refractivity contribution in [3.63, 3.8) is 0 Å². The second kappa shape index (κ2) is 5.07. The average Bonchev–Trinajstić information content (AvgIpc) is 2.93. The standard InChI is InChI=1S/C13H7F4N5O/c1-6-9(10(23)7-2-4-8(14)5-3-7)19-20-12-18-11(13(15,16)17)21-22(6)12/h2-5H,1H3. The van der Waals surface area contributed by atoms with Gasteiger partial charge >= 0.3 is 6.18 Å². The fourth-order valence-electron chi connectivity index (χ4n) is 1.93. The number of rotatable bonds is 2. The average molecular weight is 325 g/mol. The van der Waals surface area contributed by atoms with Crippen LogP contribution in [0, 0.1) is 12.7 Å². The quantitative estimate of drug-likeness (QED) is 0.533. The molecule has 0 fully saturated rings. The highest BCUT2D eigenvalue weighted by molar-refractivity contribution is 6.08. The summed E-state index contributed by atoms with van der Waals surface area (Å²) in [6, 6.07) is 4.66. The van der Waals surface area contributed by atoms with E-state index in [1.807, 2.05) is 0 Å². The predicted molar refractivity (Wildman–Crippen MR) is 68.1 cm³/mol. The van der Waals surface area contributed by atoms with Crippen LogP contribution in [0.1, 0.15) is 27.6 Å². The van der Waals surface area contributed by atoms with E-state index in [-0.39, 0.29) is 22.7 Å². The third-order valence-electron chi connectivity index (χ3n) is 3.06. The molecule has 0 bridgehead atoms. The lowest BCUT2D eigenvalue weighted by molar-refractivity contribution is -0.144. The number of aromatic nitrogens is 5. The van der Waals surface area contributed by atoms with Gasteiger partial charge in [0.2, 0.25) is 5.78 Å². The van der Waals surface area contributed by atoms with Crippen molar-refractivity contribution in [2.45, 2.75) is 13.1 Å². The first-order valence-corrected chi connectivity index (χ1v) is 6.25. The highest BCUT2D eigenvalue weighted by Crippen LogP contribution is 2.26. The molecule has 0 N–H and O–H groups in total. The van der Waals surface area contributed by atoms with Gasteiger partial charge in [-0.25, -0.2) is 4.39 Å². The van der Waals surface area contributed by atoms with Gasteiger partial charge in [-0.2, -0.15) is 22.7 Å². The van der Waals surface area contributed by atoms with Crippen molar-refractivity contribution in [3.8, 4) is 0 Å². The molecule has 2 aromatic heterocycles. The Labute approximate surface area is 125 Å². The highest BCUT2D eigenvalue weighted by atomic mass is 19.4. The maximum absolute atomic E-state index is 12.9. The van der Waals surface area contributed by atoms with Crippen LogP contribution in [0.15, 0.2) is 24.3 Å². The molecule has 0 aliphatic rings. The number of benzene rings is 1. The van der Waals surface area contributed by atoms with E-state index < -0.39 is 23.6 Å². The number of carbonyl (C=O) groups excluding carboxylic acids is 1. The first-order chi connectivity index (χ1) is 10.8. The summed E-state index contributed by atoms with van der Waals surface area (Å²) < 4.78 is 51.6. The first kappa shape index (κ1) is 15.0. The largest absolute Gasteiger partial charge is 0.453 e. The lowest BCUT2D eigenvalue weighted by Crippen LogP contribution is -2.13. The molecule has 0 spiro atoms. The van der Waals surface area contributed by atoms with E-state index in [1.165, 1.54) is 19.1 Å². The van der Waals surface area contributed by atoms with Crippen LogP contribution in [0.2, 0.25) is 0 Å². The van der Waals surface area contributed by atoms with E-state index in [4.69, 9.17) is 0 Å². The molecule has 118 valence electrons. The fraction of sp³-hybridized carbons (Fsp3) is 0.154. The SMILES string of the molecule is Cc1c(C(=O)c2ccc(F)cc2)nnc2nc(C(F)(F)F)nn12. The van der Waals surface area contributed by atoms with Crippen LogP contribution in [0.3, 0.4) is 0 Å². The van der Waals surface area contributed by atoms with Crippen LogP contribution in [0.4, 0.5) is 17.6 Å². The summed E-state index contributed by atoms with van der Waals surface area (Å²) in [5.74, 6) is -2.88. The normalized spacial score (nSPS) is 11.9. The maximum Gasteiger partial charge on any atom is 0.453 e. The van der Waals surface area contributed by atoms with Gasteiger partial charge in [0.05, 0.1) is 5.69 Å². The monoisotopic (exact) mass is 325 g/mol. The summed E-state index contributed by atoms with van der Waals surface area (Å²) in [4.78, 5) is 15.5. The van der Waals surface area contributed by atoms with Crippen LogP contribution in [0.25, 0.3) is 5.78 Å². The molecule has 3 rings (SSSR count).